The first-order chi connectivity index (χ1) is 16.6. The van der Waals surface area contributed by atoms with Crippen molar-refractivity contribution in [2.45, 2.75) is 19.0 Å². The molecule has 1 amide bonds. The number of hydrogen-bond acceptors (Lipinski definition) is 9. The van der Waals surface area contributed by atoms with E-state index in [-0.39, 0.29) is 38.8 Å². The Morgan fingerprint density at radius 2 is 1.83 bits per heavy atom. The fourth-order valence-electron chi connectivity index (χ4n) is 2.76. The van der Waals surface area contributed by atoms with E-state index in [1.54, 1.807) is 19.9 Å². The Morgan fingerprint density at radius 3 is 2.43 bits per heavy atom. The predicted molar refractivity (Wildman–Crippen MR) is 127 cm³/mol. The molecule has 35 heavy (non-hydrogen) atoms. The van der Waals surface area contributed by atoms with E-state index in [9.17, 15) is 27.7 Å². The molecule has 12 heteroatoms. The number of nitrogens with one attached hydrogen (secondary N) is 1. The molecule has 0 atom stereocenters. The molecule has 2 aromatic carbocycles. The lowest BCUT2D eigenvalue weighted by atomic mass is 10.1. The summed E-state index contributed by atoms with van der Waals surface area (Å²) < 4.78 is 46.4. The van der Waals surface area contributed by atoms with Crippen molar-refractivity contribution in [1.29, 1.82) is 5.26 Å². The van der Waals surface area contributed by atoms with Crippen molar-refractivity contribution < 1.29 is 27.1 Å². The van der Waals surface area contributed by atoms with Crippen LogP contribution in [-0.2, 0) is 14.6 Å². The van der Waals surface area contributed by atoms with Gasteiger partial charge in [0.15, 0.2) is 0 Å². The van der Waals surface area contributed by atoms with Gasteiger partial charge in [-0.25, -0.2) is 17.6 Å². The third-order valence-electron chi connectivity index (χ3n) is 4.31. The largest absolute Gasteiger partial charge is 0.423 e. The van der Waals surface area contributed by atoms with Crippen LogP contribution < -0.4 is 10.1 Å². The van der Waals surface area contributed by atoms with Crippen molar-refractivity contribution >= 4 is 44.5 Å². The molecule has 0 aliphatic heterocycles. The van der Waals surface area contributed by atoms with Crippen molar-refractivity contribution in [3.8, 4) is 11.8 Å². The Labute approximate surface area is 205 Å². The fourth-order valence-corrected chi connectivity index (χ4v) is 5.12. The summed E-state index contributed by atoms with van der Waals surface area (Å²) >= 11 is 0.694. The van der Waals surface area contributed by atoms with Crippen LogP contribution in [0.25, 0.3) is 6.08 Å². The van der Waals surface area contributed by atoms with E-state index < -0.39 is 27.5 Å². The van der Waals surface area contributed by atoms with E-state index >= 15 is 0 Å². The number of rotatable bonds is 8. The Kier molecular flexibility index (Phi) is 8.06. The van der Waals surface area contributed by atoms with Gasteiger partial charge in [0.1, 0.15) is 23.2 Å². The molecule has 0 saturated carbocycles. The summed E-state index contributed by atoms with van der Waals surface area (Å²) in [4.78, 5) is 28.4. The fraction of sp³-hybridized carbons (Fsp3) is 0.174. The van der Waals surface area contributed by atoms with E-state index in [1.165, 1.54) is 42.5 Å². The van der Waals surface area contributed by atoms with Gasteiger partial charge >= 0.3 is 5.97 Å². The Bertz CT molecular complexity index is 1410. The molecule has 0 saturated heterocycles. The normalized spacial score (nSPS) is 11.7. The minimum Gasteiger partial charge on any atom is -0.423 e. The van der Waals surface area contributed by atoms with Crippen molar-refractivity contribution in [3.05, 3.63) is 71.0 Å². The standard InChI is InChI=1S/C23H19FN4O5S2/c1-14(2)13-35(31,32)23-27-22(34-28-23)26-20(29)17(12-25)11-15-3-9-19(10-4-15)33-21(30)16-5-7-18(24)8-6-16/h3-11,14H,13H2,1-2H3,(H,26,27,28,29)/b17-11-. The van der Waals surface area contributed by atoms with Crippen LogP contribution >= 0.6 is 11.5 Å². The minimum atomic E-state index is -3.68. The number of halogens is 1. The van der Waals surface area contributed by atoms with Crippen molar-refractivity contribution in [2.75, 3.05) is 11.1 Å². The number of anilines is 1. The van der Waals surface area contributed by atoms with E-state index in [2.05, 4.69) is 14.7 Å². The van der Waals surface area contributed by atoms with Crippen LogP contribution in [0.4, 0.5) is 9.52 Å². The van der Waals surface area contributed by atoms with E-state index in [4.69, 9.17) is 4.74 Å². The third-order valence-corrected chi connectivity index (χ3v) is 6.90. The number of esters is 1. The smallest absolute Gasteiger partial charge is 0.343 e. The average Bonchev–Trinajstić information content (AvgIpc) is 3.27. The second-order valence-electron chi connectivity index (χ2n) is 7.65. The van der Waals surface area contributed by atoms with Gasteiger partial charge in [0.25, 0.3) is 11.1 Å². The molecule has 1 N–H and O–H groups in total. The molecule has 0 radical (unpaired) electrons. The van der Waals surface area contributed by atoms with Crippen molar-refractivity contribution in [1.82, 2.24) is 9.36 Å². The molecule has 0 bridgehead atoms. The number of nitrogens with zero attached hydrogens (tertiary/aromatic N) is 3. The van der Waals surface area contributed by atoms with E-state index in [0.29, 0.717) is 17.1 Å². The summed E-state index contributed by atoms with van der Waals surface area (Å²) in [6.07, 6.45) is 1.30. The summed E-state index contributed by atoms with van der Waals surface area (Å²) in [6.45, 7) is 3.50. The molecular formula is C23H19FN4O5S2. The summed E-state index contributed by atoms with van der Waals surface area (Å²) in [5, 5.41) is 11.3. The number of benzene rings is 2. The van der Waals surface area contributed by atoms with Gasteiger partial charge in [0, 0.05) is 11.5 Å². The lowest BCUT2D eigenvalue weighted by Crippen LogP contribution is -2.15. The lowest BCUT2D eigenvalue weighted by molar-refractivity contribution is -0.112. The summed E-state index contributed by atoms with van der Waals surface area (Å²) in [5.74, 6) is -1.97. The number of hydrogen-bond donors (Lipinski definition) is 1. The number of carbonyl (C=O) groups excluding carboxylic acids is 2. The summed E-state index contributed by atoms with van der Waals surface area (Å²) in [6, 6.07) is 12.7. The highest BCUT2D eigenvalue weighted by Gasteiger charge is 2.23. The highest BCUT2D eigenvalue weighted by Crippen LogP contribution is 2.20. The quantitative estimate of drug-likeness (QED) is 0.207. The highest BCUT2D eigenvalue weighted by atomic mass is 32.2. The van der Waals surface area contributed by atoms with Crippen LogP contribution in [0.1, 0.15) is 29.8 Å². The van der Waals surface area contributed by atoms with Crippen LogP contribution in [0.5, 0.6) is 5.75 Å². The number of carbonyl (C=O) groups is 2. The molecule has 9 nitrogen and oxygen atoms in total. The Hall–Kier alpha value is -3.95. The maximum Gasteiger partial charge on any atom is 0.343 e. The van der Waals surface area contributed by atoms with E-state index in [1.807, 2.05) is 0 Å². The lowest BCUT2D eigenvalue weighted by Gasteiger charge is -2.05. The molecule has 180 valence electrons. The Morgan fingerprint density at radius 1 is 1.17 bits per heavy atom. The van der Waals surface area contributed by atoms with Crippen LogP contribution in [0, 0.1) is 23.1 Å². The van der Waals surface area contributed by atoms with Crippen molar-refractivity contribution in [2.24, 2.45) is 5.92 Å². The minimum absolute atomic E-state index is 0.0541. The van der Waals surface area contributed by atoms with Gasteiger partial charge in [0.2, 0.25) is 15.0 Å². The highest BCUT2D eigenvalue weighted by molar-refractivity contribution is 7.91. The van der Waals surface area contributed by atoms with Crippen molar-refractivity contribution in [3.63, 3.8) is 0 Å². The van der Waals surface area contributed by atoms with Gasteiger partial charge in [-0.1, -0.05) is 26.0 Å². The number of sulfone groups is 1. The van der Waals surface area contributed by atoms with Crippen LogP contribution in [0.15, 0.2) is 59.3 Å². The molecule has 3 aromatic rings. The van der Waals surface area contributed by atoms with Crippen LogP contribution in [-0.4, -0.2) is 35.4 Å². The zero-order valence-electron chi connectivity index (χ0n) is 18.6. The number of amides is 1. The number of ether oxygens (including phenoxy) is 1. The third kappa shape index (κ3) is 7.02. The van der Waals surface area contributed by atoms with Gasteiger partial charge in [-0.15, -0.1) is 0 Å². The van der Waals surface area contributed by atoms with Gasteiger partial charge in [-0.3, -0.25) is 10.1 Å². The zero-order chi connectivity index (χ0) is 25.6. The Balaban J connectivity index is 1.67. The molecule has 0 unspecified atom stereocenters. The first kappa shape index (κ1) is 25.7. The van der Waals surface area contributed by atoms with Gasteiger partial charge < -0.3 is 4.74 Å². The SMILES string of the molecule is CC(C)CS(=O)(=O)c1nsc(NC(=O)/C(C#N)=C\c2ccc(OC(=O)c3ccc(F)cc3)cc2)n1. The first-order valence-electron chi connectivity index (χ1n) is 10.1. The molecule has 0 fully saturated rings. The maximum atomic E-state index is 13.0. The monoisotopic (exact) mass is 514 g/mol. The predicted octanol–water partition coefficient (Wildman–Crippen LogP) is 3.87. The van der Waals surface area contributed by atoms with Crippen LogP contribution in [0.2, 0.25) is 0 Å². The van der Waals surface area contributed by atoms with Gasteiger partial charge in [0.05, 0.1) is 11.3 Å². The summed E-state index contributed by atoms with van der Waals surface area (Å²) in [5.41, 5.74) is 0.384. The zero-order valence-corrected chi connectivity index (χ0v) is 20.2. The van der Waals surface area contributed by atoms with E-state index in [0.717, 1.165) is 12.1 Å². The molecule has 1 heterocycles. The molecule has 3 rings (SSSR count). The summed E-state index contributed by atoms with van der Waals surface area (Å²) in [7, 11) is -3.68. The molecule has 0 aliphatic rings. The second kappa shape index (κ2) is 11.0. The van der Waals surface area contributed by atoms with Gasteiger partial charge in [-0.2, -0.15) is 14.6 Å². The number of nitriles is 1. The maximum absolute atomic E-state index is 13.0. The van der Waals surface area contributed by atoms with Gasteiger partial charge in [-0.05, 0) is 54.0 Å². The number of aromatic nitrogens is 2. The molecule has 1 aromatic heterocycles. The topological polar surface area (TPSA) is 139 Å². The first-order valence-corrected chi connectivity index (χ1v) is 12.6. The molecular weight excluding hydrogens is 495 g/mol. The molecule has 0 spiro atoms. The second-order valence-corrected chi connectivity index (χ2v) is 10.3. The average molecular weight is 515 g/mol. The van der Waals surface area contributed by atoms with Crippen LogP contribution in [0.3, 0.4) is 0 Å². The molecule has 0 aliphatic carbocycles.